The maximum Gasteiger partial charge on any atom is 0.0471 e. The predicted octanol–water partition coefficient (Wildman–Crippen LogP) is 3.77. The quantitative estimate of drug-likeness (QED) is 0.792. The Morgan fingerprint density at radius 1 is 1.15 bits per heavy atom. The molecule has 0 fully saturated rings. The van der Waals surface area contributed by atoms with Crippen molar-refractivity contribution in [1.29, 1.82) is 0 Å². The zero-order valence-electron chi connectivity index (χ0n) is 12.5. The van der Waals surface area contributed by atoms with Gasteiger partial charge >= 0.3 is 0 Å². The minimum absolute atomic E-state index is 0.485. The molecule has 1 N–H and O–H groups in total. The van der Waals surface area contributed by atoms with Gasteiger partial charge in [0.1, 0.15) is 0 Å². The van der Waals surface area contributed by atoms with Crippen LogP contribution in [0.25, 0.3) is 0 Å². The van der Waals surface area contributed by atoms with E-state index in [2.05, 4.69) is 59.3 Å². The van der Waals surface area contributed by atoms with Gasteiger partial charge in [-0.15, -0.1) is 0 Å². The summed E-state index contributed by atoms with van der Waals surface area (Å²) in [6.45, 7) is 6.45. The highest BCUT2D eigenvalue weighted by molar-refractivity contribution is 5.18. The van der Waals surface area contributed by atoms with E-state index in [1.54, 1.807) is 0 Å². The third-order valence-electron chi connectivity index (χ3n) is 3.51. The van der Waals surface area contributed by atoms with E-state index in [1.807, 2.05) is 12.4 Å². The second kappa shape index (κ2) is 7.85. The average Bonchev–Trinajstić information content (AvgIpc) is 2.93. The van der Waals surface area contributed by atoms with E-state index < -0.39 is 0 Å². The van der Waals surface area contributed by atoms with E-state index in [9.17, 15) is 0 Å². The molecule has 1 unspecified atom stereocenters. The van der Waals surface area contributed by atoms with Crippen molar-refractivity contribution in [2.24, 2.45) is 0 Å². The number of nitrogens with one attached hydrogen (secondary N) is 1. The average molecular weight is 271 g/mol. The van der Waals surface area contributed by atoms with Crippen LogP contribution in [0.15, 0.2) is 43.0 Å². The molecule has 3 nitrogen and oxygen atoms in total. The summed E-state index contributed by atoms with van der Waals surface area (Å²) >= 11 is 0. The monoisotopic (exact) mass is 271 g/mol. The molecule has 2 rings (SSSR count). The molecule has 0 spiro atoms. The number of aromatic nitrogens is 2. The molecule has 1 atom stereocenters. The summed E-state index contributed by atoms with van der Waals surface area (Å²) < 4.78 is 2.25. The topological polar surface area (TPSA) is 29.9 Å². The van der Waals surface area contributed by atoms with Gasteiger partial charge in [-0.25, -0.2) is 0 Å². The molecule has 0 aliphatic carbocycles. The summed E-state index contributed by atoms with van der Waals surface area (Å²) in [5, 5.41) is 3.64. The van der Waals surface area contributed by atoms with Crippen LogP contribution in [0.2, 0.25) is 0 Å². The molecule has 0 saturated heterocycles. The number of hydrogen-bond acceptors (Lipinski definition) is 2. The molecule has 0 radical (unpaired) electrons. The van der Waals surface area contributed by atoms with Gasteiger partial charge in [-0.1, -0.05) is 20.3 Å². The van der Waals surface area contributed by atoms with Crippen LogP contribution in [0.3, 0.4) is 0 Å². The zero-order valence-corrected chi connectivity index (χ0v) is 12.5. The van der Waals surface area contributed by atoms with Crippen molar-refractivity contribution in [2.45, 2.75) is 45.7 Å². The van der Waals surface area contributed by atoms with Crippen LogP contribution in [0.1, 0.15) is 50.3 Å². The van der Waals surface area contributed by atoms with Crippen LogP contribution < -0.4 is 5.32 Å². The molecule has 0 bridgehead atoms. The Morgan fingerprint density at radius 3 is 2.65 bits per heavy atom. The highest BCUT2D eigenvalue weighted by Gasteiger charge is 2.10. The first-order valence-corrected chi connectivity index (χ1v) is 7.61. The number of nitrogens with zero attached hydrogens (tertiary/aromatic N) is 2. The molecule has 0 aliphatic rings. The van der Waals surface area contributed by atoms with Gasteiger partial charge in [-0.3, -0.25) is 4.98 Å². The van der Waals surface area contributed by atoms with Gasteiger partial charge < -0.3 is 9.88 Å². The lowest BCUT2D eigenvalue weighted by atomic mass is 10.1. The van der Waals surface area contributed by atoms with E-state index in [1.165, 1.54) is 30.4 Å². The van der Waals surface area contributed by atoms with Gasteiger partial charge in [0.15, 0.2) is 0 Å². The number of pyridine rings is 1. The lowest BCUT2D eigenvalue weighted by Gasteiger charge is -2.16. The highest BCUT2D eigenvalue weighted by Crippen LogP contribution is 2.19. The Kier molecular flexibility index (Phi) is 5.81. The first-order chi connectivity index (χ1) is 9.83. The lowest BCUT2D eigenvalue weighted by molar-refractivity contribution is 0.493. The summed E-state index contributed by atoms with van der Waals surface area (Å²) in [4.78, 5) is 4.06. The Bertz CT molecular complexity index is 490. The third-order valence-corrected chi connectivity index (χ3v) is 3.51. The molecular formula is C17H25N3. The molecular weight excluding hydrogens is 246 g/mol. The molecule has 0 aromatic carbocycles. The van der Waals surface area contributed by atoms with Gasteiger partial charge in [0.2, 0.25) is 0 Å². The summed E-state index contributed by atoms with van der Waals surface area (Å²) in [5.41, 5.74) is 2.69. The Hall–Kier alpha value is -1.61. The minimum atomic E-state index is 0.485. The maximum atomic E-state index is 4.06. The second-order valence-electron chi connectivity index (χ2n) is 5.27. The van der Waals surface area contributed by atoms with Gasteiger partial charge in [0.25, 0.3) is 0 Å². The van der Waals surface area contributed by atoms with E-state index in [-0.39, 0.29) is 0 Å². The first kappa shape index (κ1) is 14.8. The van der Waals surface area contributed by atoms with Crippen molar-refractivity contribution in [2.75, 3.05) is 6.54 Å². The molecule has 2 aromatic rings. The van der Waals surface area contributed by atoms with Crippen LogP contribution in [0.5, 0.6) is 0 Å². The van der Waals surface area contributed by atoms with Crippen molar-refractivity contribution in [1.82, 2.24) is 14.9 Å². The van der Waals surface area contributed by atoms with E-state index in [0.717, 1.165) is 13.1 Å². The van der Waals surface area contributed by atoms with Gasteiger partial charge in [0, 0.05) is 37.4 Å². The van der Waals surface area contributed by atoms with E-state index >= 15 is 0 Å². The smallest absolute Gasteiger partial charge is 0.0471 e. The van der Waals surface area contributed by atoms with Gasteiger partial charge in [-0.2, -0.15) is 0 Å². The standard InChI is InChI=1S/C17H25N3/c1-3-5-17(19-9-4-2)16-8-12-20(14-16)13-15-6-10-18-11-7-15/h6-8,10-12,14,17,19H,3-5,9,13H2,1-2H3. The zero-order chi connectivity index (χ0) is 14.2. The Balaban J connectivity index is 2.02. The highest BCUT2D eigenvalue weighted by atomic mass is 15.0. The molecule has 20 heavy (non-hydrogen) atoms. The largest absolute Gasteiger partial charge is 0.350 e. The van der Waals surface area contributed by atoms with Crippen LogP contribution in [-0.4, -0.2) is 16.1 Å². The SMILES string of the molecule is CCCNC(CCC)c1ccn(Cc2ccncc2)c1. The van der Waals surface area contributed by atoms with Gasteiger partial charge in [0.05, 0.1) is 0 Å². The lowest BCUT2D eigenvalue weighted by Crippen LogP contribution is -2.21. The fourth-order valence-corrected chi connectivity index (χ4v) is 2.46. The van der Waals surface area contributed by atoms with Crippen molar-refractivity contribution >= 4 is 0 Å². The number of hydrogen-bond donors (Lipinski definition) is 1. The Morgan fingerprint density at radius 2 is 1.95 bits per heavy atom. The number of rotatable bonds is 8. The van der Waals surface area contributed by atoms with Crippen LogP contribution in [-0.2, 0) is 6.54 Å². The van der Waals surface area contributed by atoms with Gasteiger partial charge in [-0.05, 0) is 48.7 Å². The van der Waals surface area contributed by atoms with Crippen molar-refractivity contribution in [3.63, 3.8) is 0 Å². The summed E-state index contributed by atoms with van der Waals surface area (Å²) in [5.74, 6) is 0. The third kappa shape index (κ3) is 4.20. The minimum Gasteiger partial charge on any atom is -0.350 e. The van der Waals surface area contributed by atoms with Crippen LogP contribution in [0.4, 0.5) is 0 Å². The molecule has 3 heteroatoms. The second-order valence-corrected chi connectivity index (χ2v) is 5.27. The van der Waals surface area contributed by atoms with Crippen LogP contribution >= 0.6 is 0 Å². The fraction of sp³-hybridized carbons (Fsp3) is 0.471. The molecule has 0 saturated carbocycles. The summed E-state index contributed by atoms with van der Waals surface area (Å²) in [6, 6.07) is 6.86. The molecule has 108 valence electrons. The normalized spacial score (nSPS) is 12.5. The molecule has 2 heterocycles. The predicted molar refractivity (Wildman–Crippen MR) is 83.7 cm³/mol. The van der Waals surface area contributed by atoms with Crippen molar-refractivity contribution in [3.8, 4) is 0 Å². The summed E-state index contributed by atoms with van der Waals surface area (Å²) in [7, 11) is 0. The molecule has 2 aromatic heterocycles. The van der Waals surface area contributed by atoms with E-state index in [4.69, 9.17) is 0 Å². The maximum absolute atomic E-state index is 4.06. The Labute approximate surface area is 122 Å². The van der Waals surface area contributed by atoms with Crippen molar-refractivity contribution < 1.29 is 0 Å². The fourth-order valence-electron chi connectivity index (χ4n) is 2.46. The molecule has 0 amide bonds. The summed E-state index contributed by atoms with van der Waals surface area (Å²) in [6.07, 6.45) is 11.7. The van der Waals surface area contributed by atoms with Crippen molar-refractivity contribution in [3.05, 3.63) is 54.1 Å². The molecule has 0 aliphatic heterocycles. The van der Waals surface area contributed by atoms with E-state index in [0.29, 0.717) is 6.04 Å². The van der Waals surface area contributed by atoms with Crippen LogP contribution in [0, 0.1) is 0 Å². The first-order valence-electron chi connectivity index (χ1n) is 7.61.